The maximum absolute atomic E-state index is 11.6. The molecular formula is C25H41N3O2. The van der Waals surface area contributed by atoms with Gasteiger partial charge in [0.15, 0.2) is 0 Å². The summed E-state index contributed by atoms with van der Waals surface area (Å²) in [5, 5.41) is 4.12. The summed E-state index contributed by atoms with van der Waals surface area (Å²) < 4.78 is 5.55. The smallest absolute Gasteiger partial charge is 0.302 e. The van der Waals surface area contributed by atoms with E-state index in [4.69, 9.17) is 10.3 Å². The molecule has 0 aliphatic heterocycles. The van der Waals surface area contributed by atoms with Crippen LogP contribution < -0.4 is 0 Å². The lowest BCUT2D eigenvalue weighted by atomic mass is 9.48. The van der Waals surface area contributed by atoms with Gasteiger partial charge in [0.1, 0.15) is 0 Å². The van der Waals surface area contributed by atoms with E-state index in [0.717, 1.165) is 6.42 Å². The zero-order valence-electron chi connectivity index (χ0n) is 19.7. The van der Waals surface area contributed by atoms with Crippen molar-refractivity contribution in [3.8, 4) is 0 Å². The number of carbonyl (C=O) groups excluding carboxylic acids is 1. The molecule has 3 fully saturated rings. The lowest BCUT2D eigenvalue weighted by Crippen LogP contribution is -2.52. The number of hydrogen-bond donors (Lipinski definition) is 0. The maximum Gasteiger partial charge on any atom is 0.302 e. The van der Waals surface area contributed by atoms with E-state index < -0.39 is 0 Å². The Morgan fingerprint density at radius 3 is 2.43 bits per heavy atom. The normalized spacial score (nSPS) is 43.4. The van der Waals surface area contributed by atoms with Gasteiger partial charge in [0.25, 0.3) is 0 Å². The number of carbonyl (C=O) groups is 1. The first kappa shape index (κ1) is 23.2. The fourth-order valence-electron chi connectivity index (χ4n) is 7.90. The van der Waals surface area contributed by atoms with E-state index in [1.54, 1.807) is 0 Å². The molecule has 0 aromatic carbocycles. The minimum atomic E-state index is -0.183. The second-order valence-electron chi connectivity index (χ2n) is 11.2. The second-order valence-corrected chi connectivity index (χ2v) is 11.2. The average Bonchev–Trinajstić information content (AvgIpc) is 3.04. The molecule has 0 aromatic heterocycles. The summed E-state index contributed by atoms with van der Waals surface area (Å²) in [6.07, 6.45) is 8.32. The standard InChI is InChI=1S/C25H41N3O2/c1-16(2)21-7-8-22-20(14-27-28-26)23(10-12-25(21,22)6)24(5)11-9-17(3)13-19(24)15-30-18(4)29/h17,19-23H,1,7-15H2,2-6H3/t17-,19+,20-,21+,22?,23?,24-,25+/m0/s1. The van der Waals surface area contributed by atoms with Crippen LogP contribution >= 0.6 is 0 Å². The highest BCUT2D eigenvalue weighted by Gasteiger charge is 2.58. The summed E-state index contributed by atoms with van der Waals surface area (Å²) in [7, 11) is 0. The molecule has 0 radical (unpaired) electrons. The van der Waals surface area contributed by atoms with E-state index >= 15 is 0 Å². The van der Waals surface area contributed by atoms with E-state index in [0.29, 0.717) is 48.7 Å². The van der Waals surface area contributed by atoms with Gasteiger partial charge in [-0.2, -0.15) is 0 Å². The lowest BCUT2D eigenvalue weighted by Gasteiger charge is -2.57. The highest BCUT2D eigenvalue weighted by atomic mass is 16.5. The predicted octanol–water partition coefficient (Wildman–Crippen LogP) is 6.94. The van der Waals surface area contributed by atoms with Crippen molar-refractivity contribution < 1.29 is 9.53 Å². The number of ether oxygens (including phenoxy) is 1. The van der Waals surface area contributed by atoms with Gasteiger partial charge in [-0.05, 0) is 97.3 Å². The molecule has 30 heavy (non-hydrogen) atoms. The third-order valence-electron chi connectivity index (χ3n) is 9.52. The Balaban J connectivity index is 1.93. The number of azide groups is 1. The average molecular weight is 416 g/mol. The Labute approximate surface area is 182 Å². The quantitative estimate of drug-likeness (QED) is 0.155. The summed E-state index contributed by atoms with van der Waals surface area (Å²) in [4.78, 5) is 14.7. The predicted molar refractivity (Wildman–Crippen MR) is 121 cm³/mol. The summed E-state index contributed by atoms with van der Waals surface area (Å²) in [6, 6.07) is 0. The van der Waals surface area contributed by atoms with E-state index in [-0.39, 0.29) is 16.8 Å². The minimum absolute atomic E-state index is 0.125. The summed E-state index contributed by atoms with van der Waals surface area (Å²) in [6.45, 7) is 16.4. The second kappa shape index (κ2) is 8.94. The summed E-state index contributed by atoms with van der Waals surface area (Å²) >= 11 is 0. The van der Waals surface area contributed by atoms with Crippen molar-refractivity contribution in [1.82, 2.24) is 0 Å². The molecule has 3 aliphatic carbocycles. The highest BCUT2D eigenvalue weighted by molar-refractivity contribution is 5.65. The molecule has 0 bridgehead atoms. The molecule has 5 heteroatoms. The maximum atomic E-state index is 11.6. The molecule has 8 atom stereocenters. The fraction of sp³-hybridized carbons (Fsp3) is 0.880. The van der Waals surface area contributed by atoms with Gasteiger partial charge >= 0.3 is 5.97 Å². The van der Waals surface area contributed by atoms with Crippen molar-refractivity contribution >= 4 is 5.97 Å². The number of esters is 1. The van der Waals surface area contributed by atoms with Crippen molar-refractivity contribution in [1.29, 1.82) is 0 Å². The van der Waals surface area contributed by atoms with Crippen molar-refractivity contribution in [2.45, 2.75) is 79.6 Å². The molecule has 0 aromatic rings. The number of allylic oxidation sites excluding steroid dienone is 1. The van der Waals surface area contributed by atoms with E-state index in [1.807, 2.05) is 0 Å². The van der Waals surface area contributed by atoms with Crippen LogP contribution in [0.5, 0.6) is 0 Å². The molecule has 3 saturated carbocycles. The van der Waals surface area contributed by atoms with Crippen LogP contribution in [0.2, 0.25) is 0 Å². The highest BCUT2D eigenvalue weighted by Crippen LogP contribution is 2.65. The zero-order valence-corrected chi connectivity index (χ0v) is 19.7. The molecule has 0 saturated heterocycles. The Kier molecular flexibility index (Phi) is 6.91. The van der Waals surface area contributed by atoms with Gasteiger partial charge in [-0.1, -0.05) is 44.5 Å². The first-order valence-electron chi connectivity index (χ1n) is 11.9. The molecule has 3 rings (SSSR count). The van der Waals surface area contributed by atoms with Crippen molar-refractivity contribution in [3.05, 3.63) is 22.6 Å². The fourth-order valence-corrected chi connectivity index (χ4v) is 7.90. The first-order valence-corrected chi connectivity index (χ1v) is 11.9. The molecule has 0 spiro atoms. The van der Waals surface area contributed by atoms with Gasteiger partial charge in [-0.3, -0.25) is 4.79 Å². The summed E-state index contributed by atoms with van der Waals surface area (Å²) in [5.74, 6) is 2.94. The Morgan fingerprint density at radius 1 is 1.13 bits per heavy atom. The molecule has 3 aliphatic rings. The SMILES string of the molecule is C=C(C)[C@H]1CCC2[C@H](CN=[N+]=[N-])C([C@@]3(C)CC[C@H](C)C[C@@H]3COC(C)=O)CC[C@@]21C. The molecule has 0 amide bonds. The van der Waals surface area contributed by atoms with Crippen LogP contribution in [0, 0.1) is 46.3 Å². The molecule has 2 unspecified atom stereocenters. The van der Waals surface area contributed by atoms with E-state index in [1.165, 1.54) is 51.0 Å². The van der Waals surface area contributed by atoms with Crippen LogP contribution in [0.4, 0.5) is 0 Å². The number of hydrogen-bond acceptors (Lipinski definition) is 3. The number of fused-ring (bicyclic) bond motifs is 1. The van der Waals surface area contributed by atoms with E-state index in [2.05, 4.69) is 44.3 Å². The van der Waals surface area contributed by atoms with Gasteiger partial charge in [-0.15, -0.1) is 0 Å². The number of nitrogens with zero attached hydrogens (tertiary/aromatic N) is 3. The van der Waals surface area contributed by atoms with Crippen molar-refractivity contribution in [2.24, 2.45) is 51.5 Å². The van der Waals surface area contributed by atoms with Crippen molar-refractivity contribution in [2.75, 3.05) is 13.2 Å². The molecule has 5 nitrogen and oxygen atoms in total. The lowest BCUT2D eigenvalue weighted by molar-refractivity contribution is -0.148. The van der Waals surface area contributed by atoms with Crippen LogP contribution in [0.1, 0.15) is 79.6 Å². The third kappa shape index (κ3) is 4.15. The summed E-state index contributed by atoms with van der Waals surface area (Å²) in [5.41, 5.74) is 10.8. The largest absolute Gasteiger partial charge is 0.466 e. The van der Waals surface area contributed by atoms with Crippen LogP contribution in [0.15, 0.2) is 17.3 Å². The Morgan fingerprint density at radius 2 is 1.80 bits per heavy atom. The Bertz CT molecular complexity index is 715. The van der Waals surface area contributed by atoms with E-state index in [9.17, 15) is 4.79 Å². The van der Waals surface area contributed by atoms with Gasteiger partial charge in [0.05, 0.1) is 6.61 Å². The van der Waals surface area contributed by atoms with Gasteiger partial charge in [-0.25, -0.2) is 0 Å². The monoisotopic (exact) mass is 415 g/mol. The zero-order chi connectivity index (χ0) is 22.1. The molecule has 0 heterocycles. The molecule has 0 N–H and O–H groups in total. The van der Waals surface area contributed by atoms with Crippen LogP contribution in [-0.2, 0) is 9.53 Å². The first-order chi connectivity index (χ1) is 14.1. The van der Waals surface area contributed by atoms with Crippen LogP contribution in [0.25, 0.3) is 10.4 Å². The van der Waals surface area contributed by atoms with Crippen LogP contribution in [0.3, 0.4) is 0 Å². The van der Waals surface area contributed by atoms with Crippen molar-refractivity contribution in [3.63, 3.8) is 0 Å². The van der Waals surface area contributed by atoms with Crippen LogP contribution in [-0.4, -0.2) is 19.1 Å². The third-order valence-corrected chi connectivity index (χ3v) is 9.52. The van der Waals surface area contributed by atoms with Gasteiger partial charge in [0.2, 0.25) is 0 Å². The van der Waals surface area contributed by atoms with Gasteiger partial charge in [0, 0.05) is 18.4 Å². The number of rotatable bonds is 6. The molecule has 168 valence electrons. The topological polar surface area (TPSA) is 75.1 Å². The molecular weight excluding hydrogens is 374 g/mol. The Hall–Kier alpha value is -1.48. The minimum Gasteiger partial charge on any atom is -0.466 e. The van der Waals surface area contributed by atoms with Gasteiger partial charge < -0.3 is 4.74 Å².